The number of amides is 1. The van der Waals surface area contributed by atoms with Crippen LogP contribution >= 0.6 is 11.8 Å². The number of carbonyl (C=O) groups is 1. The monoisotopic (exact) mass is 234 g/mol. The lowest BCUT2D eigenvalue weighted by Crippen LogP contribution is -2.42. The second-order valence-corrected chi connectivity index (χ2v) is 4.77. The Kier molecular flexibility index (Phi) is 7.82. The molecule has 90 valence electrons. The molecule has 0 aromatic heterocycles. The van der Waals surface area contributed by atoms with E-state index >= 15 is 0 Å². The Bertz CT molecular complexity index is 188. The minimum absolute atomic E-state index is 0.0373. The molecule has 0 rings (SSSR count). The Morgan fingerprint density at radius 1 is 1.53 bits per heavy atom. The average Bonchev–Trinajstić information content (AvgIpc) is 2.21. The molecule has 0 aliphatic carbocycles. The van der Waals surface area contributed by atoms with Crippen LogP contribution in [0.1, 0.15) is 19.8 Å². The lowest BCUT2D eigenvalue weighted by Gasteiger charge is -2.21. The number of hydrogen-bond acceptors (Lipinski definition) is 4. The molecule has 15 heavy (non-hydrogen) atoms. The van der Waals surface area contributed by atoms with E-state index < -0.39 is 6.04 Å². The van der Waals surface area contributed by atoms with E-state index in [0.29, 0.717) is 19.4 Å². The van der Waals surface area contributed by atoms with Gasteiger partial charge in [-0.1, -0.05) is 0 Å². The van der Waals surface area contributed by atoms with Gasteiger partial charge in [-0.05, 0) is 31.8 Å². The molecule has 0 saturated carbocycles. The highest BCUT2D eigenvalue weighted by Crippen LogP contribution is 2.02. The molecule has 0 bridgehead atoms. The van der Waals surface area contributed by atoms with Crippen molar-refractivity contribution in [3.05, 3.63) is 0 Å². The number of thioether (sulfide) groups is 1. The van der Waals surface area contributed by atoms with Gasteiger partial charge in [-0.3, -0.25) is 4.79 Å². The van der Waals surface area contributed by atoms with Crippen molar-refractivity contribution >= 4 is 17.7 Å². The highest BCUT2D eigenvalue weighted by Gasteiger charge is 2.17. The summed E-state index contributed by atoms with van der Waals surface area (Å²) in [5, 5.41) is 9.09. The van der Waals surface area contributed by atoms with Gasteiger partial charge in [0.15, 0.2) is 0 Å². The number of hydrogen-bond donors (Lipinski definition) is 2. The first-order chi connectivity index (χ1) is 6.99. The Hall–Kier alpha value is -0.260. The second-order valence-electron chi connectivity index (χ2n) is 3.79. The van der Waals surface area contributed by atoms with E-state index in [9.17, 15) is 4.79 Å². The van der Waals surface area contributed by atoms with Crippen molar-refractivity contribution < 1.29 is 9.90 Å². The summed E-state index contributed by atoms with van der Waals surface area (Å²) < 4.78 is 0. The Balaban J connectivity index is 3.85. The first-order valence-corrected chi connectivity index (χ1v) is 6.56. The molecule has 0 spiro atoms. The van der Waals surface area contributed by atoms with Crippen LogP contribution in [0.3, 0.4) is 0 Å². The molecule has 3 N–H and O–H groups in total. The fraction of sp³-hybridized carbons (Fsp3) is 0.900. The maximum Gasteiger partial charge on any atom is 0.239 e. The van der Waals surface area contributed by atoms with Gasteiger partial charge in [0.05, 0.1) is 12.1 Å². The van der Waals surface area contributed by atoms with Crippen LogP contribution in [0.25, 0.3) is 0 Å². The molecule has 0 saturated heterocycles. The molecular formula is C10H22N2O2S. The van der Waals surface area contributed by atoms with Crippen LogP contribution in [0.15, 0.2) is 0 Å². The maximum absolute atomic E-state index is 11.7. The number of aliphatic hydroxyl groups excluding tert-OH is 1. The normalized spacial score (nSPS) is 14.7. The summed E-state index contributed by atoms with van der Waals surface area (Å²) in [6.45, 7) is 2.27. The second kappa shape index (κ2) is 7.96. The minimum Gasteiger partial charge on any atom is -0.393 e. The average molecular weight is 234 g/mol. The van der Waals surface area contributed by atoms with E-state index in [1.54, 1.807) is 30.6 Å². The first-order valence-electron chi connectivity index (χ1n) is 5.16. The van der Waals surface area contributed by atoms with Crippen molar-refractivity contribution in [2.24, 2.45) is 5.73 Å². The highest BCUT2D eigenvalue weighted by molar-refractivity contribution is 7.98. The lowest BCUT2D eigenvalue weighted by atomic mass is 10.2. The van der Waals surface area contributed by atoms with Gasteiger partial charge in [0, 0.05) is 13.6 Å². The summed E-state index contributed by atoms with van der Waals surface area (Å²) in [4.78, 5) is 13.3. The van der Waals surface area contributed by atoms with Crippen molar-refractivity contribution in [2.45, 2.75) is 31.9 Å². The van der Waals surface area contributed by atoms with Gasteiger partial charge < -0.3 is 15.7 Å². The minimum atomic E-state index is -0.406. The van der Waals surface area contributed by atoms with Gasteiger partial charge in [-0.15, -0.1) is 0 Å². The van der Waals surface area contributed by atoms with E-state index in [1.807, 2.05) is 6.26 Å². The zero-order chi connectivity index (χ0) is 11.8. The number of likely N-dealkylation sites (N-methyl/N-ethyl adjacent to an activating group) is 1. The van der Waals surface area contributed by atoms with Crippen LogP contribution in [0, 0.1) is 0 Å². The fourth-order valence-corrected chi connectivity index (χ4v) is 1.63. The van der Waals surface area contributed by atoms with Crippen LogP contribution in [0.5, 0.6) is 0 Å². The van der Waals surface area contributed by atoms with E-state index in [1.165, 1.54) is 0 Å². The highest BCUT2D eigenvalue weighted by atomic mass is 32.2. The zero-order valence-electron chi connectivity index (χ0n) is 9.77. The van der Waals surface area contributed by atoms with E-state index in [0.717, 1.165) is 5.75 Å². The summed E-state index contributed by atoms with van der Waals surface area (Å²) in [6.07, 6.45) is 2.92. The zero-order valence-corrected chi connectivity index (χ0v) is 10.6. The summed E-state index contributed by atoms with van der Waals surface area (Å²) in [7, 11) is 1.73. The molecular weight excluding hydrogens is 212 g/mol. The predicted octanol–water partition coefficient (Wildman–Crippen LogP) is 0.296. The molecule has 0 radical (unpaired) electrons. The number of rotatable bonds is 7. The molecule has 0 aliphatic heterocycles. The molecule has 0 fully saturated rings. The van der Waals surface area contributed by atoms with Gasteiger partial charge in [0.2, 0.25) is 5.91 Å². The van der Waals surface area contributed by atoms with Crippen molar-refractivity contribution in [1.82, 2.24) is 4.90 Å². The molecule has 1 amide bonds. The molecule has 5 heteroatoms. The molecule has 0 aromatic rings. The summed E-state index contributed by atoms with van der Waals surface area (Å²) in [6, 6.07) is -0.406. The molecule has 0 aliphatic rings. The van der Waals surface area contributed by atoms with Crippen LogP contribution < -0.4 is 5.73 Å². The predicted molar refractivity (Wildman–Crippen MR) is 64.9 cm³/mol. The summed E-state index contributed by atoms with van der Waals surface area (Å²) in [5.74, 6) is 0.863. The molecule has 4 nitrogen and oxygen atoms in total. The third-order valence-electron chi connectivity index (χ3n) is 2.21. The first kappa shape index (κ1) is 14.7. The number of nitrogens with two attached hydrogens (primary N) is 1. The third-order valence-corrected chi connectivity index (χ3v) is 2.85. The van der Waals surface area contributed by atoms with E-state index in [-0.39, 0.29) is 12.0 Å². The van der Waals surface area contributed by atoms with Crippen molar-refractivity contribution in [1.29, 1.82) is 0 Å². The van der Waals surface area contributed by atoms with Crippen LogP contribution in [-0.4, -0.2) is 53.7 Å². The van der Waals surface area contributed by atoms with E-state index in [4.69, 9.17) is 10.8 Å². The van der Waals surface area contributed by atoms with Crippen molar-refractivity contribution in [3.63, 3.8) is 0 Å². The van der Waals surface area contributed by atoms with Crippen LogP contribution in [-0.2, 0) is 4.79 Å². The van der Waals surface area contributed by atoms with Gasteiger partial charge in [0.1, 0.15) is 0 Å². The smallest absolute Gasteiger partial charge is 0.239 e. The number of carbonyl (C=O) groups excluding carboxylic acids is 1. The summed E-state index contributed by atoms with van der Waals surface area (Å²) >= 11 is 1.69. The van der Waals surface area contributed by atoms with Crippen LogP contribution in [0.4, 0.5) is 0 Å². The molecule has 0 heterocycles. The fourth-order valence-electron chi connectivity index (χ4n) is 1.14. The SMILES string of the molecule is CSCCC(N)C(=O)N(C)CCC(C)O. The van der Waals surface area contributed by atoms with Gasteiger partial charge >= 0.3 is 0 Å². The van der Waals surface area contributed by atoms with Crippen molar-refractivity contribution in [2.75, 3.05) is 25.6 Å². The quantitative estimate of drug-likeness (QED) is 0.665. The maximum atomic E-state index is 11.7. The van der Waals surface area contributed by atoms with Crippen LogP contribution in [0.2, 0.25) is 0 Å². The Labute approximate surface area is 96.2 Å². The Morgan fingerprint density at radius 2 is 2.13 bits per heavy atom. The van der Waals surface area contributed by atoms with Gasteiger partial charge in [0.25, 0.3) is 0 Å². The van der Waals surface area contributed by atoms with E-state index in [2.05, 4.69) is 0 Å². The topological polar surface area (TPSA) is 66.6 Å². The van der Waals surface area contributed by atoms with Gasteiger partial charge in [-0.25, -0.2) is 0 Å². The number of nitrogens with zero attached hydrogens (tertiary/aromatic N) is 1. The molecule has 2 atom stereocenters. The van der Waals surface area contributed by atoms with Gasteiger partial charge in [-0.2, -0.15) is 11.8 Å². The third kappa shape index (κ3) is 6.76. The summed E-state index contributed by atoms with van der Waals surface area (Å²) in [5.41, 5.74) is 5.74. The van der Waals surface area contributed by atoms with Crippen molar-refractivity contribution in [3.8, 4) is 0 Å². The molecule has 0 aromatic carbocycles. The Morgan fingerprint density at radius 3 is 2.60 bits per heavy atom. The molecule has 2 unspecified atom stereocenters. The lowest BCUT2D eigenvalue weighted by molar-refractivity contribution is -0.131. The standard InChI is InChI=1S/C10H22N2O2S/c1-8(13)4-6-12(2)10(14)9(11)5-7-15-3/h8-9,13H,4-7,11H2,1-3H3. The largest absolute Gasteiger partial charge is 0.393 e. The number of aliphatic hydroxyl groups is 1.